The molecule has 0 aromatic heterocycles. The van der Waals surface area contributed by atoms with E-state index in [4.69, 9.17) is 4.74 Å². The van der Waals surface area contributed by atoms with Crippen LogP contribution in [-0.2, 0) is 14.3 Å². The molecule has 0 N–H and O–H groups in total. The van der Waals surface area contributed by atoms with Gasteiger partial charge in [0.1, 0.15) is 11.7 Å². The number of carbonyl (C=O) groups is 1. The molecule has 0 aromatic carbocycles. The van der Waals surface area contributed by atoms with E-state index >= 15 is 0 Å². The van der Waals surface area contributed by atoms with Gasteiger partial charge in [-0.05, 0) is 12.5 Å². The van der Waals surface area contributed by atoms with Crippen LogP contribution in [0.3, 0.4) is 0 Å². The Balaban J connectivity index is 2.73. The lowest BCUT2D eigenvalue weighted by Crippen LogP contribution is -2.18. The van der Waals surface area contributed by atoms with Crippen LogP contribution in [0.2, 0.25) is 0 Å². The van der Waals surface area contributed by atoms with Crippen molar-refractivity contribution in [2.24, 2.45) is 5.92 Å². The first-order valence-corrected chi connectivity index (χ1v) is 3.78. The zero-order chi connectivity index (χ0) is 8.97. The van der Waals surface area contributed by atoms with Gasteiger partial charge in [-0.2, -0.15) is 0 Å². The van der Waals surface area contributed by atoms with Crippen molar-refractivity contribution >= 4 is 5.97 Å². The molecule has 0 aromatic rings. The highest BCUT2D eigenvalue weighted by Gasteiger charge is 2.22. The van der Waals surface area contributed by atoms with Gasteiger partial charge in [-0.1, -0.05) is 12.2 Å². The molecule has 1 aliphatic rings. The second-order valence-corrected chi connectivity index (χ2v) is 2.48. The van der Waals surface area contributed by atoms with Crippen LogP contribution in [0.1, 0.15) is 6.42 Å². The fourth-order valence-electron chi connectivity index (χ4n) is 1.15. The lowest BCUT2D eigenvalue weighted by atomic mass is 10.0. The lowest BCUT2D eigenvalue weighted by molar-refractivity contribution is -0.143. The van der Waals surface area contributed by atoms with E-state index in [0.717, 1.165) is 6.42 Å². The highest BCUT2D eigenvalue weighted by molar-refractivity contribution is 5.77. The van der Waals surface area contributed by atoms with E-state index in [1.54, 1.807) is 13.2 Å². The van der Waals surface area contributed by atoms with Crippen molar-refractivity contribution in [1.29, 1.82) is 0 Å². The van der Waals surface area contributed by atoms with Gasteiger partial charge in [-0.15, -0.1) is 0 Å². The number of methoxy groups -OCH3 is 2. The van der Waals surface area contributed by atoms with E-state index in [1.807, 2.05) is 12.2 Å². The average molecular weight is 168 g/mol. The Labute approximate surface area is 71.7 Å². The first kappa shape index (κ1) is 8.84. The molecule has 1 rings (SSSR count). The molecule has 1 aliphatic carbocycles. The Kier molecular flexibility index (Phi) is 2.91. The van der Waals surface area contributed by atoms with Crippen LogP contribution < -0.4 is 0 Å². The fraction of sp³-hybridized carbons (Fsp3) is 0.444. The summed E-state index contributed by atoms with van der Waals surface area (Å²) in [6.45, 7) is 0. The molecule has 0 unspecified atom stereocenters. The van der Waals surface area contributed by atoms with Crippen LogP contribution in [0.15, 0.2) is 24.0 Å². The Hall–Kier alpha value is -1.25. The molecule has 0 aliphatic heterocycles. The summed E-state index contributed by atoms with van der Waals surface area (Å²) in [7, 11) is 2.93. The third-order valence-electron chi connectivity index (χ3n) is 1.78. The molecule has 12 heavy (non-hydrogen) atoms. The molecule has 0 spiro atoms. The summed E-state index contributed by atoms with van der Waals surface area (Å²) in [4.78, 5) is 11.1. The van der Waals surface area contributed by atoms with Crippen LogP contribution in [-0.4, -0.2) is 20.2 Å². The van der Waals surface area contributed by atoms with E-state index in [-0.39, 0.29) is 11.9 Å². The maximum atomic E-state index is 11.1. The fourth-order valence-corrected chi connectivity index (χ4v) is 1.15. The van der Waals surface area contributed by atoms with Gasteiger partial charge in [0.05, 0.1) is 14.2 Å². The van der Waals surface area contributed by atoms with Crippen molar-refractivity contribution in [3.05, 3.63) is 24.0 Å². The molecule has 66 valence electrons. The van der Waals surface area contributed by atoms with Crippen molar-refractivity contribution in [1.82, 2.24) is 0 Å². The van der Waals surface area contributed by atoms with Crippen molar-refractivity contribution < 1.29 is 14.3 Å². The predicted molar refractivity (Wildman–Crippen MR) is 44.4 cm³/mol. The average Bonchev–Trinajstić information content (AvgIpc) is 2.16. The molecule has 3 heteroatoms. The molecule has 0 saturated carbocycles. The van der Waals surface area contributed by atoms with Gasteiger partial charge < -0.3 is 9.47 Å². The molecule has 3 nitrogen and oxygen atoms in total. The number of hydrogen-bond acceptors (Lipinski definition) is 3. The van der Waals surface area contributed by atoms with Gasteiger partial charge in [0, 0.05) is 0 Å². The van der Waals surface area contributed by atoms with Crippen LogP contribution in [0, 0.1) is 5.92 Å². The maximum Gasteiger partial charge on any atom is 0.320 e. The Morgan fingerprint density at radius 1 is 1.58 bits per heavy atom. The van der Waals surface area contributed by atoms with Crippen molar-refractivity contribution in [3.63, 3.8) is 0 Å². The second-order valence-electron chi connectivity index (χ2n) is 2.48. The lowest BCUT2D eigenvalue weighted by Gasteiger charge is -2.16. The van der Waals surface area contributed by atoms with Crippen LogP contribution in [0.5, 0.6) is 0 Å². The van der Waals surface area contributed by atoms with Crippen molar-refractivity contribution in [2.45, 2.75) is 6.42 Å². The predicted octanol–water partition coefficient (Wildman–Crippen LogP) is 1.27. The maximum absolute atomic E-state index is 11.1. The SMILES string of the molecule is COC(=O)[C@@H]1C=CCC=C1OC. The standard InChI is InChI=1S/C9H12O3/c1-11-8-6-4-3-5-7(8)9(10)12-2/h3,5-7H,4H2,1-2H3/t7-/m1/s1. The molecule has 0 fully saturated rings. The number of esters is 1. The molecule has 0 bridgehead atoms. The summed E-state index contributed by atoms with van der Waals surface area (Å²) in [5.41, 5.74) is 0. The minimum Gasteiger partial charge on any atom is -0.500 e. The quantitative estimate of drug-likeness (QED) is 0.460. The molecule has 0 saturated heterocycles. The Morgan fingerprint density at radius 2 is 2.33 bits per heavy atom. The van der Waals surface area contributed by atoms with Crippen molar-refractivity contribution in [3.8, 4) is 0 Å². The zero-order valence-corrected chi connectivity index (χ0v) is 7.24. The summed E-state index contributed by atoms with van der Waals surface area (Å²) in [6, 6.07) is 0. The van der Waals surface area contributed by atoms with Gasteiger partial charge in [0.25, 0.3) is 0 Å². The van der Waals surface area contributed by atoms with Crippen molar-refractivity contribution in [2.75, 3.05) is 14.2 Å². The van der Waals surface area contributed by atoms with E-state index in [0.29, 0.717) is 5.76 Å². The number of rotatable bonds is 2. The van der Waals surface area contributed by atoms with E-state index in [1.165, 1.54) is 7.11 Å². The molecular formula is C9H12O3. The number of allylic oxidation sites excluding steroid dienone is 2. The Morgan fingerprint density at radius 3 is 2.92 bits per heavy atom. The van der Waals surface area contributed by atoms with Gasteiger partial charge in [-0.3, -0.25) is 4.79 Å². The molecular weight excluding hydrogens is 156 g/mol. The molecule has 0 heterocycles. The van der Waals surface area contributed by atoms with Gasteiger partial charge >= 0.3 is 5.97 Å². The summed E-state index contributed by atoms with van der Waals surface area (Å²) in [5.74, 6) is 0.0390. The smallest absolute Gasteiger partial charge is 0.320 e. The minimum atomic E-state index is -0.353. The summed E-state index contributed by atoms with van der Waals surface area (Å²) < 4.78 is 9.65. The third-order valence-corrected chi connectivity index (χ3v) is 1.78. The molecule has 1 atom stereocenters. The van der Waals surface area contributed by atoms with E-state index in [2.05, 4.69) is 4.74 Å². The normalized spacial score (nSPS) is 21.5. The second kappa shape index (κ2) is 3.95. The highest BCUT2D eigenvalue weighted by atomic mass is 16.5. The summed E-state index contributed by atoms with van der Waals surface area (Å²) in [5, 5.41) is 0. The number of hydrogen-bond donors (Lipinski definition) is 0. The van der Waals surface area contributed by atoms with E-state index in [9.17, 15) is 4.79 Å². The monoisotopic (exact) mass is 168 g/mol. The van der Waals surface area contributed by atoms with Gasteiger partial charge in [-0.25, -0.2) is 0 Å². The zero-order valence-electron chi connectivity index (χ0n) is 7.24. The first-order valence-electron chi connectivity index (χ1n) is 3.78. The van der Waals surface area contributed by atoms with Crippen LogP contribution in [0.4, 0.5) is 0 Å². The summed E-state index contributed by atoms with van der Waals surface area (Å²) in [6.07, 6.45) is 6.41. The van der Waals surface area contributed by atoms with Gasteiger partial charge in [0.15, 0.2) is 0 Å². The number of ether oxygens (including phenoxy) is 2. The minimum absolute atomic E-state index is 0.279. The summed E-state index contributed by atoms with van der Waals surface area (Å²) >= 11 is 0. The van der Waals surface area contributed by atoms with Crippen LogP contribution >= 0.6 is 0 Å². The van der Waals surface area contributed by atoms with Gasteiger partial charge in [0.2, 0.25) is 0 Å². The van der Waals surface area contributed by atoms with Crippen LogP contribution in [0.25, 0.3) is 0 Å². The largest absolute Gasteiger partial charge is 0.500 e. The molecule has 0 amide bonds. The highest BCUT2D eigenvalue weighted by Crippen LogP contribution is 2.20. The topological polar surface area (TPSA) is 35.5 Å². The van der Waals surface area contributed by atoms with E-state index < -0.39 is 0 Å². The first-order chi connectivity index (χ1) is 5.79. The third kappa shape index (κ3) is 1.67. The molecule has 0 radical (unpaired) electrons. The number of carbonyl (C=O) groups excluding carboxylic acids is 1. The Bertz CT molecular complexity index is 228.